The lowest BCUT2D eigenvalue weighted by Crippen LogP contribution is -2.43. The van der Waals surface area contributed by atoms with Crippen LogP contribution < -0.4 is 11.2 Å². The van der Waals surface area contributed by atoms with Crippen LogP contribution in [-0.2, 0) is 19.5 Å². The number of fused-ring (bicyclic) bond motifs is 1. The smallest absolute Gasteiger partial charge is 0.318 e. The van der Waals surface area contributed by atoms with Crippen LogP contribution in [0.25, 0.3) is 33.7 Å². The summed E-state index contributed by atoms with van der Waals surface area (Å²) in [5, 5.41) is 14.5. The molecule has 0 saturated carbocycles. The molecule has 6 aromatic rings. The van der Waals surface area contributed by atoms with Crippen LogP contribution in [0.3, 0.4) is 0 Å². The highest BCUT2D eigenvalue weighted by Crippen LogP contribution is 2.30. The van der Waals surface area contributed by atoms with E-state index in [9.17, 15) is 9.59 Å². The minimum absolute atomic E-state index is 0.192. The van der Waals surface area contributed by atoms with Crippen molar-refractivity contribution in [1.29, 1.82) is 0 Å². The Morgan fingerprint density at radius 1 is 0.837 bits per heavy atom. The fourth-order valence-electron chi connectivity index (χ4n) is 5.68. The zero-order chi connectivity index (χ0) is 30.1. The average molecular weight is 575 g/mol. The summed E-state index contributed by atoms with van der Waals surface area (Å²) >= 11 is 0. The van der Waals surface area contributed by atoms with Crippen molar-refractivity contribution in [3.63, 3.8) is 0 Å². The Hall–Kier alpha value is -5.12. The third-order valence-electron chi connectivity index (χ3n) is 7.79. The number of aromatic nitrogens is 8. The van der Waals surface area contributed by atoms with Crippen LogP contribution in [0.15, 0.2) is 88.5 Å². The monoisotopic (exact) mass is 574 g/mol. The van der Waals surface area contributed by atoms with Crippen LogP contribution in [0.5, 0.6) is 0 Å². The first-order valence-corrected chi connectivity index (χ1v) is 14.6. The molecule has 3 heterocycles. The van der Waals surface area contributed by atoms with E-state index in [1.807, 2.05) is 73.0 Å². The Balaban J connectivity index is 1.46. The highest BCUT2D eigenvalue weighted by molar-refractivity contribution is 5.80. The molecule has 0 bridgehead atoms. The Morgan fingerprint density at radius 2 is 1.53 bits per heavy atom. The maximum atomic E-state index is 14.2. The SMILES string of the molecule is CCc1nc2c(c(=O)n(C(C)c3ccccc3)c(=O)n2CC(C)C)n1Cc1ccc(-c2ccccc2-c2nn[nH]n2)cc1. The van der Waals surface area contributed by atoms with Gasteiger partial charge in [-0.05, 0) is 40.3 Å². The predicted molar refractivity (Wildman–Crippen MR) is 167 cm³/mol. The third kappa shape index (κ3) is 5.20. The van der Waals surface area contributed by atoms with Crippen LogP contribution in [0.2, 0.25) is 0 Å². The number of aryl methyl sites for hydroxylation is 1. The maximum Gasteiger partial charge on any atom is 0.333 e. The van der Waals surface area contributed by atoms with Gasteiger partial charge < -0.3 is 4.57 Å². The van der Waals surface area contributed by atoms with E-state index in [1.165, 1.54) is 4.57 Å². The number of nitrogens with one attached hydrogen (secondary N) is 1. The largest absolute Gasteiger partial charge is 0.333 e. The molecule has 1 unspecified atom stereocenters. The molecule has 1 atom stereocenters. The second-order valence-corrected chi connectivity index (χ2v) is 11.2. The van der Waals surface area contributed by atoms with Crippen LogP contribution >= 0.6 is 0 Å². The number of imidazole rings is 1. The van der Waals surface area contributed by atoms with Crippen molar-refractivity contribution in [2.75, 3.05) is 0 Å². The van der Waals surface area contributed by atoms with E-state index >= 15 is 0 Å². The topological polar surface area (TPSA) is 116 Å². The standard InChI is InChI=1S/C33H34N8O2/c1-5-28-34-31-29(32(42)41(33(43)40(31)19-21(2)3)22(4)24-11-7-6-8-12-24)39(28)20-23-15-17-25(18-16-23)26-13-9-10-14-27(26)30-35-37-38-36-30/h6-18,21-22H,5,19-20H2,1-4H3,(H,35,36,37,38). The molecule has 0 radical (unpaired) electrons. The number of tetrazole rings is 1. The number of H-pyrrole nitrogens is 1. The van der Waals surface area contributed by atoms with Crippen LogP contribution in [0.4, 0.5) is 0 Å². The van der Waals surface area contributed by atoms with E-state index in [-0.39, 0.29) is 17.2 Å². The second-order valence-electron chi connectivity index (χ2n) is 11.2. The van der Waals surface area contributed by atoms with E-state index in [4.69, 9.17) is 4.98 Å². The lowest BCUT2D eigenvalue weighted by Gasteiger charge is -2.19. The highest BCUT2D eigenvalue weighted by atomic mass is 16.2. The van der Waals surface area contributed by atoms with Crippen molar-refractivity contribution in [3.05, 3.63) is 117 Å². The van der Waals surface area contributed by atoms with Crippen molar-refractivity contribution < 1.29 is 0 Å². The normalized spacial score (nSPS) is 12.3. The number of hydrogen-bond acceptors (Lipinski definition) is 6. The molecule has 43 heavy (non-hydrogen) atoms. The fourth-order valence-corrected chi connectivity index (χ4v) is 5.68. The molecule has 218 valence electrons. The molecule has 0 aliphatic rings. The Morgan fingerprint density at radius 3 is 2.19 bits per heavy atom. The van der Waals surface area contributed by atoms with Crippen molar-refractivity contribution >= 4 is 11.2 Å². The Labute approximate surface area is 248 Å². The van der Waals surface area contributed by atoms with Gasteiger partial charge in [0.2, 0.25) is 5.82 Å². The van der Waals surface area contributed by atoms with Crippen molar-refractivity contribution in [2.45, 2.75) is 53.2 Å². The van der Waals surface area contributed by atoms with Gasteiger partial charge in [0.25, 0.3) is 5.56 Å². The molecule has 0 spiro atoms. The van der Waals surface area contributed by atoms with Gasteiger partial charge in [-0.1, -0.05) is 99.6 Å². The number of hydrogen-bond donors (Lipinski definition) is 1. The van der Waals surface area contributed by atoms with E-state index < -0.39 is 6.04 Å². The molecule has 3 aromatic heterocycles. The number of rotatable bonds is 9. The van der Waals surface area contributed by atoms with Crippen LogP contribution in [0, 0.1) is 5.92 Å². The zero-order valence-electron chi connectivity index (χ0n) is 24.7. The predicted octanol–water partition coefficient (Wildman–Crippen LogP) is 5.08. The molecule has 1 N–H and O–H groups in total. The third-order valence-corrected chi connectivity index (χ3v) is 7.79. The van der Waals surface area contributed by atoms with Gasteiger partial charge in [-0.25, -0.2) is 9.78 Å². The zero-order valence-corrected chi connectivity index (χ0v) is 24.7. The number of nitrogens with zero attached hydrogens (tertiary/aromatic N) is 7. The molecule has 0 fully saturated rings. The highest BCUT2D eigenvalue weighted by Gasteiger charge is 2.24. The first-order chi connectivity index (χ1) is 20.9. The van der Waals surface area contributed by atoms with Gasteiger partial charge >= 0.3 is 5.69 Å². The van der Waals surface area contributed by atoms with Gasteiger partial charge in [-0.15, -0.1) is 10.2 Å². The lowest BCUT2D eigenvalue weighted by molar-refractivity contribution is 0.475. The molecule has 0 amide bonds. The van der Waals surface area contributed by atoms with Crippen LogP contribution in [-0.4, -0.2) is 39.3 Å². The summed E-state index contributed by atoms with van der Waals surface area (Å²) in [7, 11) is 0. The number of aromatic amines is 1. The first-order valence-electron chi connectivity index (χ1n) is 14.6. The summed E-state index contributed by atoms with van der Waals surface area (Å²) in [6.45, 7) is 8.95. The molecular weight excluding hydrogens is 540 g/mol. The van der Waals surface area contributed by atoms with Gasteiger partial charge in [0.05, 0.1) is 6.04 Å². The van der Waals surface area contributed by atoms with Gasteiger partial charge in [-0.3, -0.25) is 13.9 Å². The maximum absolute atomic E-state index is 14.2. The molecule has 3 aromatic carbocycles. The quantitative estimate of drug-likeness (QED) is 0.257. The van der Waals surface area contributed by atoms with E-state index in [1.54, 1.807) is 4.57 Å². The molecule has 0 aliphatic carbocycles. The summed E-state index contributed by atoms with van der Waals surface area (Å²) < 4.78 is 5.04. The molecule has 10 heteroatoms. The van der Waals surface area contributed by atoms with E-state index in [0.29, 0.717) is 36.5 Å². The molecule has 0 aliphatic heterocycles. The Kier molecular flexibility index (Phi) is 7.58. The summed E-state index contributed by atoms with van der Waals surface area (Å²) in [4.78, 5) is 32.9. The van der Waals surface area contributed by atoms with Crippen molar-refractivity contribution in [2.24, 2.45) is 5.92 Å². The van der Waals surface area contributed by atoms with Gasteiger partial charge in [-0.2, -0.15) is 5.21 Å². The summed E-state index contributed by atoms with van der Waals surface area (Å²) in [5.41, 5.74) is 5.04. The number of benzene rings is 3. The van der Waals surface area contributed by atoms with Crippen molar-refractivity contribution in [1.82, 2.24) is 39.3 Å². The minimum atomic E-state index is -0.434. The second kappa shape index (κ2) is 11.6. The van der Waals surface area contributed by atoms with E-state index in [2.05, 4.69) is 58.7 Å². The molecule has 6 rings (SSSR count). The summed E-state index contributed by atoms with van der Waals surface area (Å²) in [5.74, 6) is 1.49. The average Bonchev–Trinajstić information content (AvgIpc) is 3.69. The Bertz CT molecular complexity index is 1990. The molecular formula is C33H34N8O2. The molecule has 0 saturated heterocycles. The van der Waals surface area contributed by atoms with Gasteiger partial charge in [0, 0.05) is 25.1 Å². The van der Waals surface area contributed by atoms with Crippen molar-refractivity contribution in [3.8, 4) is 22.5 Å². The van der Waals surface area contributed by atoms with Gasteiger partial charge in [0.1, 0.15) is 5.82 Å². The van der Waals surface area contributed by atoms with Crippen LogP contribution in [0.1, 0.15) is 50.7 Å². The van der Waals surface area contributed by atoms with E-state index in [0.717, 1.165) is 33.6 Å². The summed E-state index contributed by atoms with van der Waals surface area (Å²) in [6, 6.07) is 25.4. The fraction of sp³-hybridized carbons (Fsp3) is 0.273. The first kappa shape index (κ1) is 28.0. The molecule has 10 nitrogen and oxygen atoms in total. The summed E-state index contributed by atoms with van der Waals surface area (Å²) in [6.07, 6.45) is 0.619. The van der Waals surface area contributed by atoms with Gasteiger partial charge in [0.15, 0.2) is 11.2 Å². The lowest BCUT2D eigenvalue weighted by atomic mass is 9.98. The minimum Gasteiger partial charge on any atom is -0.318 e.